The van der Waals surface area contributed by atoms with Gasteiger partial charge in [-0.2, -0.15) is 0 Å². The minimum atomic E-state index is -0.895. The van der Waals surface area contributed by atoms with Crippen LogP contribution in [0.2, 0.25) is 5.02 Å². The van der Waals surface area contributed by atoms with Gasteiger partial charge >= 0.3 is 0 Å². The van der Waals surface area contributed by atoms with Crippen LogP contribution in [0.5, 0.6) is 0 Å². The Morgan fingerprint density at radius 2 is 1.76 bits per heavy atom. The first-order valence-corrected chi connectivity index (χ1v) is 11.5. The van der Waals surface area contributed by atoms with E-state index in [9.17, 15) is 14.7 Å². The summed E-state index contributed by atoms with van der Waals surface area (Å²) in [5, 5.41) is 11.8. The van der Waals surface area contributed by atoms with Crippen LogP contribution >= 0.6 is 11.6 Å². The summed E-state index contributed by atoms with van der Waals surface area (Å²) < 4.78 is 5.85. The third kappa shape index (κ3) is 3.66. The second-order valence-corrected chi connectivity index (χ2v) is 9.15. The highest BCUT2D eigenvalue weighted by molar-refractivity contribution is 6.51. The molecule has 1 amide bonds. The van der Waals surface area contributed by atoms with E-state index in [-0.39, 0.29) is 11.3 Å². The highest BCUT2D eigenvalue weighted by Crippen LogP contribution is 2.43. The maximum absolute atomic E-state index is 13.3. The third-order valence-corrected chi connectivity index (χ3v) is 6.94. The summed E-state index contributed by atoms with van der Waals surface area (Å²) in [6.07, 6.45) is 4.20. The van der Waals surface area contributed by atoms with Crippen LogP contribution in [0.15, 0.2) is 58.5 Å². The van der Waals surface area contributed by atoms with Gasteiger partial charge in [0.1, 0.15) is 23.3 Å². The molecule has 2 aliphatic rings. The molecular formula is C27H24ClNO4. The fraction of sp³-hybridized carbons (Fsp3) is 0.259. The number of aryl methyl sites for hydroxylation is 4. The average Bonchev–Trinajstić information content (AvgIpc) is 3.35. The van der Waals surface area contributed by atoms with Crippen LogP contribution in [-0.2, 0) is 22.4 Å². The smallest absolute Gasteiger partial charge is 0.300 e. The number of benzene rings is 2. The zero-order valence-electron chi connectivity index (χ0n) is 18.5. The molecule has 1 saturated heterocycles. The quantitative estimate of drug-likeness (QED) is 0.292. The van der Waals surface area contributed by atoms with E-state index < -0.39 is 17.7 Å². The van der Waals surface area contributed by atoms with E-state index in [1.54, 1.807) is 37.3 Å². The van der Waals surface area contributed by atoms with Gasteiger partial charge in [0.2, 0.25) is 0 Å². The van der Waals surface area contributed by atoms with Crippen molar-refractivity contribution in [2.45, 2.75) is 45.6 Å². The molecule has 168 valence electrons. The zero-order valence-corrected chi connectivity index (χ0v) is 19.3. The maximum Gasteiger partial charge on any atom is 0.300 e. The van der Waals surface area contributed by atoms with Gasteiger partial charge in [-0.25, -0.2) is 0 Å². The van der Waals surface area contributed by atoms with Crippen molar-refractivity contribution in [3.8, 4) is 0 Å². The van der Waals surface area contributed by atoms with Crippen molar-refractivity contribution >= 4 is 34.7 Å². The van der Waals surface area contributed by atoms with Crippen LogP contribution in [0, 0.1) is 13.8 Å². The van der Waals surface area contributed by atoms with E-state index in [2.05, 4.69) is 0 Å². The minimum Gasteiger partial charge on any atom is -0.507 e. The van der Waals surface area contributed by atoms with Crippen molar-refractivity contribution in [3.05, 3.63) is 92.9 Å². The second-order valence-electron chi connectivity index (χ2n) is 8.74. The Balaban J connectivity index is 1.69. The molecule has 0 spiro atoms. The maximum atomic E-state index is 13.3. The molecule has 3 aromatic rings. The van der Waals surface area contributed by atoms with Gasteiger partial charge in [-0.3, -0.25) is 14.5 Å². The Labute approximate surface area is 197 Å². The number of rotatable bonds is 3. The Morgan fingerprint density at radius 3 is 2.45 bits per heavy atom. The second kappa shape index (κ2) is 8.23. The minimum absolute atomic E-state index is 0.0156. The molecule has 0 saturated carbocycles. The van der Waals surface area contributed by atoms with Crippen molar-refractivity contribution in [1.29, 1.82) is 0 Å². The summed E-state index contributed by atoms with van der Waals surface area (Å²) >= 11 is 6.33. The largest absolute Gasteiger partial charge is 0.507 e. The molecule has 1 aromatic heterocycles. The highest BCUT2D eigenvalue weighted by Gasteiger charge is 2.48. The summed E-state index contributed by atoms with van der Waals surface area (Å²) in [4.78, 5) is 27.8. The number of aliphatic hydroxyl groups excluding tert-OH is 1. The van der Waals surface area contributed by atoms with E-state index >= 15 is 0 Å². The summed E-state index contributed by atoms with van der Waals surface area (Å²) in [7, 11) is 0. The molecule has 5 rings (SSSR count). The number of hydrogen-bond acceptors (Lipinski definition) is 4. The van der Waals surface area contributed by atoms with E-state index in [1.165, 1.54) is 16.0 Å². The lowest BCUT2D eigenvalue weighted by molar-refractivity contribution is -0.132. The lowest BCUT2D eigenvalue weighted by Crippen LogP contribution is -2.29. The molecule has 1 aliphatic heterocycles. The Morgan fingerprint density at radius 1 is 1.00 bits per heavy atom. The molecule has 33 heavy (non-hydrogen) atoms. The van der Waals surface area contributed by atoms with Crippen LogP contribution in [-0.4, -0.2) is 16.8 Å². The van der Waals surface area contributed by atoms with Gasteiger partial charge in [0.05, 0.1) is 5.57 Å². The molecule has 1 atom stereocenters. The molecule has 1 unspecified atom stereocenters. The predicted molar refractivity (Wildman–Crippen MR) is 128 cm³/mol. The summed E-state index contributed by atoms with van der Waals surface area (Å²) in [5.41, 5.74) is 4.32. The number of anilines is 1. The Hall–Kier alpha value is -3.31. The fourth-order valence-corrected chi connectivity index (χ4v) is 4.91. The van der Waals surface area contributed by atoms with E-state index in [4.69, 9.17) is 16.0 Å². The topological polar surface area (TPSA) is 70.8 Å². The molecule has 1 fully saturated rings. The van der Waals surface area contributed by atoms with E-state index in [0.717, 1.165) is 31.2 Å². The first kappa shape index (κ1) is 21.5. The van der Waals surface area contributed by atoms with E-state index in [0.29, 0.717) is 27.8 Å². The Kier molecular flexibility index (Phi) is 5.37. The number of fused-ring (bicyclic) bond motifs is 1. The van der Waals surface area contributed by atoms with Crippen LogP contribution in [0.1, 0.15) is 52.7 Å². The lowest BCUT2D eigenvalue weighted by Gasteiger charge is -2.24. The summed E-state index contributed by atoms with van der Waals surface area (Å²) in [6.45, 7) is 3.66. The molecule has 1 N–H and O–H groups in total. The normalized spacial score (nSPS) is 19.7. The van der Waals surface area contributed by atoms with Crippen molar-refractivity contribution in [2.75, 3.05) is 4.90 Å². The van der Waals surface area contributed by atoms with E-state index in [1.807, 2.05) is 25.1 Å². The summed E-state index contributed by atoms with van der Waals surface area (Å²) in [5.74, 6) is -0.620. The molecular weight excluding hydrogens is 438 g/mol. The fourth-order valence-electron chi connectivity index (χ4n) is 4.74. The predicted octanol–water partition coefficient (Wildman–Crippen LogP) is 6.05. The van der Waals surface area contributed by atoms with Gasteiger partial charge in [0.15, 0.2) is 0 Å². The van der Waals surface area contributed by atoms with Gasteiger partial charge in [0.25, 0.3) is 11.7 Å². The number of amides is 1. The monoisotopic (exact) mass is 461 g/mol. The lowest BCUT2D eigenvalue weighted by atomic mass is 9.89. The van der Waals surface area contributed by atoms with Crippen molar-refractivity contribution < 1.29 is 19.1 Å². The number of nitrogens with zero attached hydrogens (tertiary/aromatic N) is 1. The Bertz CT molecular complexity index is 1320. The van der Waals surface area contributed by atoms with Gasteiger partial charge in [-0.15, -0.1) is 0 Å². The van der Waals surface area contributed by atoms with Gasteiger partial charge < -0.3 is 9.52 Å². The number of halogens is 1. The van der Waals surface area contributed by atoms with Crippen LogP contribution in [0.4, 0.5) is 5.69 Å². The number of aliphatic hydroxyl groups is 1. The molecule has 2 aromatic carbocycles. The zero-order chi connectivity index (χ0) is 23.3. The SMILES string of the molecule is Cc1ccc(C2/C(=C(/O)c3ccc4c(c3)CCCC4)C(=O)C(=O)N2c2ccc(C)c(Cl)c2)o1. The van der Waals surface area contributed by atoms with Crippen molar-refractivity contribution in [3.63, 3.8) is 0 Å². The van der Waals surface area contributed by atoms with Crippen molar-refractivity contribution in [1.82, 2.24) is 0 Å². The number of ketones is 1. The molecule has 6 heteroatoms. The molecule has 5 nitrogen and oxygen atoms in total. The van der Waals surface area contributed by atoms with Crippen molar-refractivity contribution in [2.24, 2.45) is 0 Å². The molecule has 1 aliphatic carbocycles. The number of hydrogen-bond donors (Lipinski definition) is 1. The summed E-state index contributed by atoms with van der Waals surface area (Å²) in [6, 6.07) is 13.6. The molecule has 0 bridgehead atoms. The standard InChI is InChI=1S/C27H24ClNO4/c1-15-7-11-20(14-21(15)28)29-24(22-12-8-16(2)33-22)23(26(31)27(29)32)25(30)19-10-9-17-5-3-4-6-18(17)13-19/h7-14,24,30H,3-6H2,1-2H3/b25-23-. The molecule has 0 radical (unpaired) electrons. The van der Waals surface area contributed by atoms with Crippen LogP contribution in [0.3, 0.4) is 0 Å². The highest BCUT2D eigenvalue weighted by atomic mass is 35.5. The van der Waals surface area contributed by atoms with Crippen LogP contribution in [0.25, 0.3) is 5.76 Å². The number of Topliss-reactive ketones (excluding diaryl/α,β-unsaturated/α-hetero) is 1. The first-order chi connectivity index (χ1) is 15.8. The van der Waals surface area contributed by atoms with Gasteiger partial charge in [-0.05, 0) is 86.6 Å². The first-order valence-electron chi connectivity index (χ1n) is 11.1. The number of carbonyl (C=O) groups is 2. The third-order valence-electron chi connectivity index (χ3n) is 6.53. The number of furan rings is 1. The van der Waals surface area contributed by atoms with Crippen LogP contribution < -0.4 is 4.90 Å². The van der Waals surface area contributed by atoms with Gasteiger partial charge in [-0.1, -0.05) is 29.8 Å². The molecule has 2 heterocycles. The van der Waals surface area contributed by atoms with Gasteiger partial charge in [0, 0.05) is 16.3 Å². The number of carbonyl (C=O) groups excluding carboxylic acids is 2. The average molecular weight is 462 g/mol.